The average Bonchev–Trinajstić information content (AvgIpc) is 2.27. The number of hydrogen-bond donors (Lipinski definition) is 1. The maximum Gasteiger partial charge on any atom is 0.326 e. The molecule has 18 heavy (non-hydrogen) atoms. The smallest absolute Gasteiger partial charge is 0.326 e. The zero-order valence-electron chi connectivity index (χ0n) is 10.5. The number of carbonyl (C=O) groups is 2. The van der Waals surface area contributed by atoms with Crippen LogP contribution < -0.4 is 0 Å². The molecule has 0 unspecified atom stereocenters. The van der Waals surface area contributed by atoms with Crippen molar-refractivity contribution in [2.24, 2.45) is 0 Å². The van der Waals surface area contributed by atoms with E-state index in [0.717, 1.165) is 23.4 Å². The first-order valence-electron chi connectivity index (χ1n) is 5.67. The Morgan fingerprint density at radius 1 is 1.39 bits per heavy atom. The largest absolute Gasteiger partial charge is 0.480 e. The molecule has 1 heterocycles. The lowest BCUT2D eigenvalue weighted by molar-refractivity contribution is -0.152. The third kappa shape index (κ3) is 3.67. The second-order valence-electron chi connectivity index (χ2n) is 4.46. The second kappa shape index (κ2) is 5.66. The highest BCUT2D eigenvalue weighted by Gasteiger charge is 2.32. The number of hydrogen-bond acceptors (Lipinski definition) is 4. The highest BCUT2D eigenvalue weighted by atomic mass is 32.2. The fraction of sp³-hybridized carbons (Fsp3) is 0.800. The fourth-order valence-electron chi connectivity index (χ4n) is 1.89. The Bertz CT molecular complexity index is 434. The molecule has 0 radical (unpaired) electrons. The van der Waals surface area contributed by atoms with Gasteiger partial charge in [-0.15, -0.1) is 0 Å². The minimum absolute atomic E-state index is 0.317. The second-order valence-corrected chi connectivity index (χ2v) is 6.55. The molecule has 1 amide bonds. The number of rotatable bonds is 4. The molecular weight excluding hydrogens is 260 g/mol. The van der Waals surface area contributed by atoms with Crippen LogP contribution in [0.25, 0.3) is 0 Å². The quantitative estimate of drug-likeness (QED) is 0.737. The van der Waals surface area contributed by atoms with Gasteiger partial charge in [-0.2, -0.15) is 4.31 Å². The third-order valence-corrected chi connectivity index (χ3v) is 4.29. The van der Waals surface area contributed by atoms with Crippen LogP contribution in [-0.2, 0) is 19.6 Å². The predicted octanol–water partition coefficient (Wildman–Crippen LogP) is -0.656. The molecule has 0 aromatic carbocycles. The van der Waals surface area contributed by atoms with E-state index in [-0.39, 0.29) is 6.54 Å². The van der Waals surface area contributed by atoms with E-state index in [1.165, 1.54) is 11.9 Å². The van der Waals surface area contributed by atoms with Gasteiger partial charge >= 0.3 is 5.97 Å². The molecule has 104 valence electrons. The number of aliphatic carboxylic acids is 1. The summed E-state index contributed by atoms with van der Waals surface area (Å²) in [5.41, 5.74) is 0. The van der Waals surface area contributed by atoms with E-state index >= 15 is 0 Å². The van der Waals surface area contributed by atoms with Gasteiger partial charge in [0.25, 0.3) is 0 Å². The predicted molar refractivity (Wildman–Crippen MR) is 64.5 cm³/mol. The molecule has 1 fully saturated rings. The SMILES string of the molecule is CN(CC(=O)N1CCCC[C@@H]1C(=O)O)S(C)(=O)=O. The third-order valence-electron chi connectivity index (χ3n) is 3.03. The van der Waals surface area contributed by atoms with Crippen LogP contribution in [0.3, 0.4) is 0 Å². The van der Waals surface area contributed by atoms with Gasteiger partial charge in [0, 0.05) is 13.6 Å². The zero-order valence-corrected chi connectivity index (χ0v) is 11.3. The Kier molecular flexibility index (Phi) is 4.69. The van der Waals surface area contributed by atoms with Crippen LogP contribution in [0.1, 0.15) is 19.3 Å². The van der Waals surface area contributed by atoms with Gasteiger partial charge in [-0.05, 0) is 19.3 Å². The highest BCUT2D eigenvalue weighted by Crippen LogP contribution is 2.17. The summed E-state index contributed by atoms with van der Waals surface area (Å²) in [5, 5.41) is 9.03. The lowest BCUT2D eigenvalue weighted by Gasteiger charge is -2.33. The summed E-state index contributed by atoms with van der Waals surface area (Å²) >= 11 is 0. The van der Waals surface area contributed by atoms with Crippen LogP contribution in [0.4, 0.5) is 0 Å². The van der Waals surface area contributed by atoms with Crippen LogP contribution in [0.2, 0.25) is 0 Å². The molecule has 0 spiro atoms. The number of nitrogens with zero attached hydrogens (tertiary/aromatic N) is 2. The van der Waals surface area contributed by atoms with Crippen LogP contribution >= 0.6 is 0 Å². The van der Waals surface area contributed by atoms with Crippen LogP contribution in [0, 0.1) is 0 Å². The van der Waals surface area contributed by atoms with Crippen LogP contribution in [0.5, 0.6) is 0 Å². The summed E-state index contributed by atoms with van der Waals surface area (Å²) < 4.78 is 23.3. The first-order valence-corrected chi connectivity index (χ1v) is 7.52. The van der Waals surface area contributed by atoms with Gasteiger partial charge in [-0.3, -0.25) is 4.79 Å². The van der Waals surface area contributed by atoms with Crippen molar-refractivity contribution < 1.29 is 23.1 Å². The van der Waals surface area contributed by atoms with Crippen molar-refractivity contribution in [3.05, 3.63) is 0 Å². The van der Waals surface area contributed by atoms with Gasteiger partial charge in [-0.25, -0.2) is 13.2 Å². The summed E-state index contributed by atoms with van der Waals surface area (Å²) in [4.78, 5) is 24.2. The Balaban J connectivity index is 2.73. The molecule has 7 nitrogen and oxygen atoms in total. The van der Waals surface area contributed by atoms with Crippen LogP contribution in [0.15, 0.2) is 0 Å². The van der Waals surface area contributed by atoms with E-state index in [1.807, 2.05) is 0 Å². The van der Waals surface area contributed by atoms with Crippen molar-refractivity contribution in [1.82, 2.24) is 9.21 Å². The molecule has 0 aromatic heterocycles. The summed E-state index contributed by atoms with van der Waals surface area (Å²) in [6.45, 7) is 0.0516. The van der Waals surface area contributed by atoms with E-state index in [4.69, 9.17) is 5.11 Å². The molecule has 8 heteroatoms. The van der Waals surface area contributed by atoms with E-state index < -0.39 is 27.9 Å². The van der Waals surface area contributed by atoms with Gasteiger partial charge < -0.3 is 10.0 Å². The van der Waals surface area contributed by atoms with Crippen molar-refractivity contribution in [1.29, 1.82) is 0 Å². The Morgan fingerprint density at radius 2 is 2.00 bits per heavy atom. The normalized spacial score (nSPS) is 21.1. The fourth-order valence-corrected chi connectivity index (χ4v) is 2.23. The summed E-state index contributed by atoms with van der Waals surface area (Å²) in [7, 11) is -2.14. The molecule has 0 aliphatic carbocycles. The zero-order chi connectivity index (χ0) is 13.9. The van der Waals surface area contributed by atoms with Gasteiger partial charge in [0.1, 0.15) is 6.04 Å². The average molecular weight is 278 g/mol. The number of carboxylic acid groups (broad SMARTS) is 1. The lowest BCUT2D eigenvalue weighted by atomic mass is 10.0. The summed E-state index contributed by atoms with van der Waals surface area (Å²) in [6, 6.07) is -0.834. The molecule has 1 aliphatic heterocycles. The molecule has 1 saturated heterocycles. The van der Waals surface area contributed by atoms with Crippen molar-refractivity contribution in [2.75, 3.05) is 26.4 Å². The lowest BCUT2D eigenvalue weighted by Crippen LogP contribution is -2.51. The van der Waals surface area contributed by atoms with Gasteiger partial charge in [0.05, 0.1) is 12.8 Å². The first kappa shape index (κ1) is 14.9. The number of carbonyl (C=O) groups excluding carboxylic acids is 1. The molecule has 0 bridgehead atoms. The Morgan fingerprint density at radius 3 is 2.50 bits per heavy atom. The number of sulfonamides is 1. The van der Waals surface area contributed by atoms with Crippen molar-refractivity contribution in [2.45, 2.75) is 25.3 Å². The summed E-state index contributed by atoms with van der Waals surface area (Å²) in [5.74, 6) is -1.50. The van der Waals surface area contributed by atoms with Gasteiger partial charge in [0.15, 0.2) is 0 Å². The van der Waals surface area contributed by atoms with Crippen molar-refractivity contribution >= 4 is 21.9 Å². The maximum atomic E-state index is 11.9. The Hall–Kier alpha value is -1.15. The number of carboxylic acids is 1. The Labute approximate surface area is 106 Å². The minimum Gasteiger partial charge on any atom is -0.480 e. The molecule has 0 aromatic rings. The number of amides is 1. The summed E-state index contributed by atoms with van der Waals surface area (Å²) in [6.07, 6.45) is 2.94. The van der Waals surface area contributed by atoms with Gasteiger partial charge in [0.2, 0.25) is 15.9 Å². The first-order chi connectivity index (χ1) is 8.23. The van der Waals surface area contributed by atoms with E-state index in [1.54, 1.807) is 0 Å². The van der Waals surface area contributed by atoms with E-state index in [9.17, 15) is 18.0 Å². The van der Waals surface area contributed by atoms with E-state index in [2.05, 4.69) is 0 Å². The molecule has 1 N–H and O–H groups in total. The van der Waals surface area contributed by atoms with Crippen molar-refractivity contribution in [3.63, 3.8) is 0 Å². The monoisotopic (exact) mass is 278 g/mol. The van der Waals surface area contributed by atoms with Crippen LogP contribution in [-0.4, -0.2) is 67.0 Å². The number of likely N-dealkylation sites (tertiary alicyclic amines) is 1. The number of piperidine rings is 1. The molecule has 1 rings (SSSR count). The molecule has 1 atom stereocenters. The standard InChI is InChI=1S/C10H18N2O5S/c1-11(18(2,16)17)7-9(13)12-6-4-3-5-8(12)10(14)15/h8H,3-7H2,1-2H3,(H,14,15)/t8-/m1/s1. The topological polar surface area (TPSA) is 95.0 Å². The van der Waals surface area contributed by atoms with Gasteiger partial charge in [-0.1, -0.05) is 0 Å². The molecule has 1 aliphatic rings. The van der Waals surface area contributed by atoms with E-state index in [0.29, 0.717) is 13.0 Å². The molecular formula is C10H18N2O5S. The van der Waals surface area contributed by atoms with Crippen molar-refractivity contribution in [3.8, 4) is 0 Å². The highest BCUT2D eigenvalue weighted by molar-refractivity contribution is 7.88. The minimum atomic E-state index is -3.44. The molecule has 0 saturated carbocycles. The number of likely N-dealkylation sites (N-methyl/N-ethyl adjacent to an activating group) is 1. The maximum absolute atomic E-state index is 11.9.